The first kappa shape index (κ1) is 17.0. The molecule has 25 heavy (non-hydrogen) atoms. The average Bonchev–Trinajstić information content (AvgIpc) is 2.53. The molecule has 3 rings (SSSR count). The number of anilines is 2. The first-order valence-electron chi connectivity index (χ1n) is 6.85. The summed E-state index contributed by atoms with van der Waals surface area (Å²) in [4.78, 5) is 6.44. The van der Waals surface area contributed by atoms with Crippen molar-refractivity contribution < 1.29 is 21.6 Å². The van der Waals surface area contributed by atoms with Gasteiger partial charge in [0.1, 0.15) is 5.82 Å². The molecule has 1 aromatic heterocycles. The van der Waals surface area contributed by atoms with Gasteiger partial charge in [0, 0.05) is 5.39 Å². The van der Waals surface area contributed by atoms with Crippen LogP contribution in [0.5, 0.6) is 0 Å². The number of sulfone groups is 1. The molecule has 0 fully saturated rings. The number of nitrogens with zero attached hydrogens (tertiary/aromatic N) is 2. The van der Waals surface area contributed by atoms with Gasteiger partial charge in [-0.25, -0.2) is 13.4 Å². The smallest absolute Gasteiger partial charge is 0.383 e. The molecule has 4 N–H and O–H groups in total. The van der Waals surface area contributed by atoms with Crippen molar-refractivity contribution in [1.82, 2.24) is 9.97 Å². The maximum absolute atomic E-state index is 13.1. The van der Waals surface area contributed by atoms with Gasteiger partial charge >= 0.3 is 6.18 Å². The number of hydrogen-bond donors (Lipinski definition) is 2. The lowest BCUT2D eigenvalue weighted by atomic mass is 10.2. The zero-order valence-corrected chi connectivity index (χ0v) is 13.3. The number of hydrogen-bond acceptors (Lipinski definition) is 6. The predicted octanol–water partition coefficient (Wildman–Crippen LogP) is 2.65. The molecule has 0 amide bonds. The Balaban J connectivity index is 2.25. The maximum Gasteiger partial charge on any atom is 0.417 e. The lowest BCUT2D eigenvalue weighted by Crippen LogP contribution is -2.13. The molecule has 3 aromatic rings. The van der Waals surface area contributed by atoms with Crippen molar-refractivity contribution >= 4 is 32.5 Å². The summed E-state index contributed by atoms with van der Waals surface area (Å²) in [5.74, 6) is -0.160. The van der Waals surface area contributed by atoms with Crippen LogP contribution >= 0.6 is 0 Å². The summed E-state index contributed by atoms with van der Waals surface area (Å²) < 4.78 is 64.8. The van der Waals surface area contributed by atoms with Gasteiger partial charge in [-0.15, -0.1) is 0 Å². The van der Waals surface area contributed by atoms with Gasteiger partial charge in [0.05, 0.1) is 20.9 Å². The summed E-state index contributed by atoms with van der Waals surface area (Å²) in [7, 11) is -4.43. The van der Waals surface area contributed by atoms with Gasteiger partial charge in [0.15, 0.2) is 0 Å². The number of nitrogen functional groups attached to an aromatic ring is 2. The summed E-state index contributed by atoms with van der Waals surface area (Å²) in [6.07, 6.45) is -4.81. The summed E-state index contributed by atoms with van der Waals surface area (Å²) in [6, 6.07) is 7.56. The summed E-state index contributed by atoms with van der Waals surface area (Å²) in [5.41, 5.74) is 10.2. The van der Waals surface area contributed by atoms with Crippen molar-refractivity contribution in [3.05, 3.63) is 48.0 Å². The topological polar surface area (TPSA) is 112 Å². The second kappa shape index (κ2) is 5.59. The van der Waals surface area contributed by atoms with Crippen molar-refractivity contribution in [2.24, 2.45) is 0 Å². The molecule has 0 saturated carbocycles. The largest absolute Gasteiger partial charge is 0.417 e. The number of nitrogens with two attached hydrogens (primary N) is 2. The zero-order valence-electron chi connectivity index (χ0n) is 12.4. The first-order chi connectivity index (χ1) is 11.6. The molecule has 1 heterocycles. The minimum absolute atomic E-state index is 0.0661. The third-order valence-electron chi connectivity index (χ3n) is 3.51. The molecular formula is C15H11F3N4O2S. The summed E-state index contributed by atoms with van der Waals surface area (Å²) >= 11 is 0. The Kier molecular flexibility index (Phi) is 3.79. The highest BCUT2D eigenvalue weighted by molar-refractivity contribution is 7.91. The minimum Gasteiger partial charge on any atom is -0.383 e. The molecular weight excluding hydrogens is 357 g/mol. The van der Waals surface area contributed by atoms with E-state index in [9.17, 15) is 21.6 Å². The predicted molar refractivity (Wildman–Crippen MR) is 85.3 cm³/mol. The van der Waals surface area contributed by atoms with Crippen LogP contribution in [-0.4, -0.2) is 18.4 Å². The van der Waals surface area contributed by atoms with Crippen LogP contribution < -0.4 is 11.5 Å². The van der Waals surface area contributed by atoms with E-state index >= 15 is 0 Å². The lowest BCUT2D eigenvalue weighted by Gasteiger charge is -2.13. The number of benzene rings is 2. The molecule has 0 aliphatic heterocycles. The van der Waals surface area contributed by atoms with Crippen LogP contribution in [0.25, 0.3) is 10.9 Å². The van der Waals surface area contributed by atoms with E-state index in [4.69, 9.17) is 11.5 Å². The molecule has 0 spiro atoms. The van der Waals surface area contributed by atoms with Crippen LogP contribution in [0, 0.1) is 0 Å². The van der Waals surface area contributed by atoms with E-state index in [1.54, 1.807) is 0 Å². The molecule has 0 atom stereocenters. The molecule has 130 valence electrons. The fraction of sp³-hybridized carbons (Fsp3) is 0.0667. The molecule has 0 bridgehead atoms. The van der Waals surface area contributed by atoms with E-state index in [1.807, 2.05) is 0 Å². The highest BCUT2D eigenvalue weighted by atomic mass is 32.2. The van der Waals surface area contributed by atoms with Crippen molar-refractivity contribution in [2.75, 3.05) is 11.5 Å². The third kappa shape index (κ3) is 2.95. The zero-order chi connectivity index (χ0) is 18.4. The SMILES string of the molecule is Nc1nc(N)c2cc(S(=O)(=O)c3ccccc3C(F)(F)F)ccc2n1. The Hall–Kier alpha value is -2.88. The number of aromatic nitrogens is 2. The van der Waals surface area contributed by atoms with Gasteiger partial charge < -0.3 is 11.5 Å². The van der Waals surface area contributed by atoms with Crippen molar-refractivity contribution in [3.8, 4) is 0 Å². The molecule has 2 aromatic carbocycles. The Morgan fingerprint density at radius 3 is 2.32 bits per heavy atom. The van der Waals surface area contributed by atoms with E-state index in [-0.39, 0.29) is 27.6 Å². The standard InChI is InChI=1S/C15H11F3N4O2S/c16-15(17,18)10-3-1-2-4-12(10)25(23,24)8-5-6-11-9(7-8)13(19)22-14(20)21-11/h1-7H,(H4,19,20,21,22). The molecule has 10 heteroatoms. The van der Waals surface area contributed by atoms with Gasteiger partial charge in [-0.2, -0.15) is 18.2 Å². The van der Waals surface area contributed by atoms with Crippen molar-refractivity contribution in [3.63, 3.8) is 0 Å². The van der Waals surface area contributed by atoms with Crippen LogP contribution in [0.4, 0.5) is 24.9 Å². The first-order valence-corrected chi connectivity index (χ1v) is 8.33. The quantitative estimate of drug-likeness (QED) is 0.719. The number of alkyl halides is 3. The van der Waals surface area contributed by atoms with Gasteiger partial charge in [-0.3, -0.25) is 0 Å². The van der Waals surface area contributed by atoms with Crippen LogP contribution in [-0.2, 0) is 16.0 Å². The molecule has 0 aliphatic carbocycles. The Morgan fingerprint density at radius 1 is 0.960 bits per heavy atom. The Labute approximate surface area is 140 Å². The average molecular weight is 368 g/mol. The summed E-state index contributed by atoms with van der Waals surface area (Å²) in [5, 5.41) is 0.180. The highest BCUT2D eigenvalue weighted by Gasteiger charge is 2.37. The van der Waals surface area contributed by atoms with E-state index in [1.165, 1.54) is 12.1 Å². The third-order valence-corrected chi connectivity index (χ3v) is 5.32. The normalized spacial score (nSPS) is 12.4. The van der Waals surface area contributed by atoms with Gasteiger partial charge in [-0.05, 0) is 30.3 Å². The van der Waals surface area contributed by atoms with Gasteiger partial charge in [0.2, 0.25) is 15.8 Å². The molecule has 0 saturated heterocycles. The number of fused-ring (bicyclic) bond motifs is 1. The van der Waals surface area contributed by atoms with E-state index in [0.29, 0.717) is 6.07 Å². The monoisotopic (exact) mass is 368 g/mol. The fourth-order valence-electron chi connectivity index (χ4n) is 2.38. The van der Waals surface area contributed by atoms with E-state index < -0.39 is 26.5 Å². The maximum atomic E-state index is 13.1. The molecule has 6 nitrogen and oxygen atoms in total. The van der Waals surface area contributed by atoms with Crippen LogP contribution in [0.1, 0.15) is 5.56 Å². The van der Waals surface area contributed by atoms with Crippen LogP contribution in [0.15, 0.2) is 52.3 Å². The van der Waals surface area contributed by atoms with Gasteiger partial charge in [-0.1, -0.05) is 12.1 Å². The van der Waals surface area contributed by atoms with Crippen LogP contribution in [0.3, 0.4) is 0 Å². The molecule has 0 radical (unpaired) electrons. The highest BCUT2D eigenvalue weighted by Crippen LogP contribution is 2.36. The number of halogens is 3. The molecule has 0 aliphatic rings. The van der Waals surface area contributed by atoms with Crippen molar-refractivity contribution in [2.45, 2.75) is 16.0 Å². The Bertz CT molecular complexity index is 1080. The van der Waals surface area contributed by atoms with Crippen molar-refractivity contribution in [1.29, 1.82) is 0 Å². The van der Waals surface area contributed by atoms with E-state index in [2.05, 4.69) is 9.97 Å². The van der Waals surface area contributed by atoms with Gasteiger partial charge in [0.25, 0.3) is 0 Å². The second-order valence-corrected chi connectivity index (χ2v) is 7.06. The second-order valence-electron chi connectivity index (χ2n) is 5.14. The lowest BCUT2D eigenvalue weighted by molar-refractivity contribution is -0.139. The molecule has 0 unspecified atom stereocenters. The van der Waals surface area contributed by atoms with E-state index in [0.717, 1.165) is 24.3 Å². The Morgan fingerprint density at radius 2 is 1.64 bits per heavy atom. The number of rotatable bonds is 2. The van der Waals surface area contributed by atoms with Crippen LogP contribution in [0.2, 0.25) is 0 Å². The summed E-state index contributed by atoms with van der Waals surface area (Å²) in [6.45, 7) is 0. The minimum atomic E-state index is -4.81. The fourth-order valence-corrected chi connectivity index (χ4v) is 3.88.